The second-order valence-corrected chi connectivity index (χ2v) is 6.33. The largest absolute Gasteiger partial charge is 0.462 e. The molecule has 3 rings (SSSR count). The van der Waals surface area contributed by atoms with Gasteiger partial charge in [0.2, 0.25) is 5.91 Å². The van der Waals surface area contributed by atoms with Crippen LogP contribution in [0.15, 0.2) is 53.0 Å². The standard InChI is InChI=1S/C20H24N2O2/c1-16-7-8-19(24-16)9-10-20(23)21-18-11-13-22(14-12-18)15-17-5-3-2-4-6-17/h2-10,18H,11-15H2,1H3,(H,21,23)/b10-9+. The normalized spacial score (nSPS) is 16.5. The Labute approximate surface area is 143 Å². The van der Waals surface area contributed by atoms with Gasteiger partial charge >= 0.3 is 0 Å². The van der Waals surface area contributed by atoms with Gasteiger partial charge in [0, 0.05) is 31.8 Å². The molecule has 24 heavy (non-hydrogen) atoms. The molecule has 1 aromatic carbocycles. The minimum atomic E-state index is -0.0504. The number of likely N-dealkylation sites (tertiary alicyclic amines) is 1. The summed E-state index contributed by atoms with van der Waals surface area (Å²) in [5.41, 5.74) is 1.34. The lowest BCUT2D eigenvalue weighted by molar-refractivity contribution is -0.117. The molecule has 0 atom stereocenters. The Kier molecular flexibility index (Phi) is 5.49. The lowest BCUT2D eigenvalue weighted by atomic mass is 10.0. The van der Waals surface area contributed by atoms with Crippen molar-refractivity contribution in [1.82, 2.24) is 10.2 Å². The average Bonchev–Trinajstić information content (AvgIpc) is 3.01. The van der Waals surface area contributed by atoms with Gasteiger partial charge in [-0.2, -0.15) is 0 Å². The third-order valence-electron chi connectivity index (χ3n) is 4.34. The lowest BCUT2D eigenvalue weighted by Crippen LogP contribution is -2.43. The van der Waals surface area contributed by atoms with E-state index in [1.54, 1.807) is 12.2 Å². The summed E-state index contributed by atoms with van der Waals surface area (Å²) in [5, 5.41) is 3.09. The quantitative estimate of drug-likeness (QED) is 0.858. The van der Waals surface area contributed by atoms with Gasteiger partial charge in [0.15, 0.2) is 0 Å². The number of furan rings is 1. The molecular weight excluding hydrogens is 300 g/mol. The smallest absolute Gasteiger partial charge is 0.244 e. The molecule has 0 spiro atoms. The van der Waals surface area contributed by atoms with E-state index >= 15 is 0 Å². The summed E-state index contributed by atoms with van der Waals surface area (Å²) in [5.74, 6) is 1.51. The molecule has 4 nitrogen and oxygen atoms in total. The topological polar surface area (TPSA) is 45.5 Å². The number of nitrogens with one attached hydrogen (secondary N) is 1. The van der Waals surface area contributed by atoms with Crippen LogP contribution in [0, 0.1) is 6.92 Å². The molecule has 1 aliphatic rings. The van der Waals surface area contributed by atoms with Gasteiger partial charge in [0.25, 0.3) is 0 Å². The number of carbonyl (C=O) groups excluding carboxylic acids is 1. The van der Waals surface area contributed by atoms with E-state index in [2.05, 4.69) is 34.5 Å². The summed E-state index contributed by atoms with van der Waals surface area (Å²) in [7, 11) is 0. The maximum absolute atomic E-state index is 12.0. The van der Waals surface area contributed by atoms with Crippen molar-refractivity contribution in [2.45, 2.75) is 32.4 Å². The zero-order chi connectivity index (χ0) is 16.8. The van der Waals surface area contributed by atoms with Gasteiger partial charge < -0.3 is 9.73 Å². The number of hydrogen-bond donors (Lipinski definition) is 1. The van der Waals surface area contributed by atoms with Gasteiger partial charge in [-0.15, -0.1) is 0 Å². The lowest BCUT2D eigenvalue weighted by Gasteiger charge is -2.32. The van der Waals surface area contributed by atoms with Crippen LogP contribution < -0.4 is 5.32 Å². The second kappa shape index (κ2) is 7.97. The van der Waals surface area contributed by atoms with Gasteiger partial charge in [0.1, 0.15) is 11.5 Å². The molecule has 2 heterocycles. The molecule has 1 aliphatic heterocycles. The predicted octanol–water partition coefficient (Wildman–Crippen LogP) is 3.38. The molecule has 1 N–H and O–H groups in total. The monoisotopic (exact) mass is 324 g/mol. The number of piperidine rings is 1. The Hall–Kier alpha value is -2.33. The first-order chi connectivity index (χ1) is 11.7. The number of benzene rings is 1. The molecule has 0 aliphatic carbocycles. The van der Waals surface area contributed by atoms with E-state index in [4.69, 9.17) is 4.42 Å². The second-order valence-electron chi connectivity index (χ2n) is 6.33. The van der Waals surface area contributed by atoms with Crippen molar-refractivity contribution in [1.29, 1.82) is 0 Å². The molecule has 1 saturated heterocycles. The Morgan fingerprint density at radius 1 is 1.21 bits per heavy atom. The molecule has 0 radical (unpaired) electrons. The first-order valence-corrected chi connectivity index (χ1v) is 8.50. The van der Waals surface area contributed by atoms with E-state index in [9.17, 15) is 4.79 Å². The number of nitrogens with zero attached hydrogens (tertiary/aromatic N) is 1. The van der Waals surface area contributed by atoms with Crippen LogP contribution in [-0.2, 0) is 11.3 Å². The van der Waals surface area contributed by atoms with Crippen molar-refractivity contribution >= 4 is 12.0 Å². The van der Waals surface area contributed by atoms with Crippen LogP contribution in [0.25, 0.3) is 6.08 Å². The van der Waals surface area contributed by atoms with Crippen LogP contribution in [-0.4, -0.2) is 29.9 Å². The van der Waals surface area contributed by atoms with Crippen molar-refractivity contribution in [3.05, 3.63) is 65.6 Å². The fourth-order valence-corrected chi connectivity index (χ4v) is 3.03. The Morgan fingerprint density at radius 3 is 2.62 bits per heavy atom. The van der Waals surface area contributed by atoms with Crippen LogP contribution in [0.2, 0.25) is 0 Å². The Morgan fingerprint density at radius 2 is 1.96 bits per heavy atom. The fraction of sp³-hybridized carbons (Fsp3) is 0.350. The van der Waals surface area contributed by atoms with Crippen LogP contribution in [0.4, 0.5) is 0 Å². The molecule has 1 amide bonds. The van der Waals surface area contributed by atoms with Crippen molar-refractivity contribution in [2.24, 2.45) is 0 Å². The maximum atomic E-state index is 12.0. The predicted molar refractivity (Wildman–Crippen MR) is 95.4 cm³/mol. The van der Waals surface area contributed by atoms with E-state index in [0.29, 0.717) is 5.76 Å². The number of carbonyl (C=O) groups is 1. The van der Waals surface area contributed by atoms with Crippen molar-refractivity contribution in [3.63, 3.8) is 0 Å². The van der Waals surface area contributed by atoms with Crippen molar-refractivity contribution in [2.75, 3.05) is 13.1 Å². The van der Waals surface area contributed by atoms with Gasteiger partial charge in [-0.3, -0.25) is 9.69 Å². The highest BCUT2D eigenvalue weighted by Crippen LogP contribution is 2.14. The van der Waals surface area contributed by atoms with Crippen LogP contribution in [0.1, 0.15) is 29.9 Å². The highest BCUT2D eigenvalue weighted by Gasteiger charge is 2.19. The number of hydrogen-bond acceptors (Lipinski definition) is 3. The molecule has 4 heteroatoms. The minimum absolute atomic E-state index is 0.0504. The average molecular weight is 324 g/mol. The molecular formula is C20H24N2O2. The van der Waals surface area contributed by atoms with Gasteiger partial charge in [0.05, 0.1) is 0 Å². The summed E-state index contributed by atoms with van der Waals surface area (Å²) < 4.78 is 5.42. The zero-order valence-corrected chi connectivity index (χ0v) is 14.1. The number of aryl methyl sites for hydroxylation is 1. The zero-order valence-electron chi connectivity index (χ0n) is 14.1. The molecule has 2 aromatic rings. The summed E-state index contributed by atoms with van der Waals surface area (Å²) in [4.78, 5) is 14.5. The molecule has 0 saturated carbocycles. The summed E-state index contributed by atoms with van der Waals surface area (Å²) in [6, 6.07) is 14.5. The Bertz CT molecular complexity index is 683. The number of amides is 1. The third-order valence-corrected chi connectivity index (χ3v) is 4.34. The van der Waals surface area contributed by atoms with E-state index in [1.807, 2.05) is 25.1 Å². The van der Waals surface area contributed by atoms with Gasteiger partial charge in [-0.1, -0.05) is 30.3 Å². The SMILES string of the molecule is Cc1ccc(/C=C/C(=O)NC2CCN(Cc3ccccc3)CC2)o1. The van der Waals surface area contributed by atoms with E-state index in [1.165, 1.54) is 5.56 Å². The highest BCUT2D eigenvalue weighted by molar-refractivity contribution is 5.91. The van der Waals surface area contributed by atoms with Crippen molar-refractivity contribution < 1.29 is 9.21 Å². The third kappa shape index (κ3) is 4.83. The first-order valence-electron chi connectivity index (χ1n) is 8.50. The molecule has 0 unspecified atom stereocenters. The first kappa shape index (κ1) is 16.5. The van der Waals surface area contributed by atoms with E-state index in [-0.39, 0.29) is 11.9 Å². The van der Waals surface area contributed by atoms with Crippen LogP contribution in [0.3, 0.4) is 0 Å². The molecule has 126 valence electrons. The summed E-state index contributed by atoms with van der Waals surface area (Å²) in [6.45, 7) is 4.90. The van der Waals surface area contributed by atoms with Gasteiger partial charge in [-0.25, -0.2) is 0 Å². The Balaban J connectivity index is 1.42. The maximum Gasteiger partial charge on any atom is 0.244 e. The minimum Gasteiger partial charge on any atom is -0.462 e. The van der Waals surface area contributed by atoms with Crippen molar-refractivity contribution in [3.8, 4) is 0 Å². The summed E-state index contributed by atoms with van der Waals surface area (Å²) in [6.07, 6.45) is 5.25. The number of rotatable bonds is 5. The van der Waals surface area contributed by atoms with E-state index in [0.717, 1.165) is 38.2 Å². The molecule has 1 aromatic heterocycles. The van der Waals surface area contributed by atoms with Crippen LogP contribution in [0.5, 0.6) is 0 Å². The molecule has 1 fully saturated rings. The van der Waals surface area contributed by atoms with Crippen LogP contribution >= 0.6 is 0 Å². The van der Waals surface area contributed by atoms with E-state index < -0.39 is 0 Å². The summed E-state index contributed by atoms with van der Waals surface area (Å²) >= 11 is 0. The highest BCUT2D eigenvalue weighted by atomic mass is 16.3. The molecule has 0 bridgehead atoms. The van der Waals surface area contributed by atoms with Gasteiger partial charge in [-0.05, 0) is 43.5 Å². The fourth-order valence-electron chi connectivity index (χ4n) is 3.03.